The summed E-state index contributed by atoms with van der Waals surface area (Å²) in [5.74, 6) is -1.09. The number of amides is 2. The van der Waals surface area contributed by atoms with E-state index in [0.29, 0.717) is 19.4 Å². The van der Waals surface area contributed by atoms with Gasteiger partial charge in [-0.05, 0) is 41.3 Å². The monoisotopic (exact) mass is 360 g/mol. The molecule has 1 fully saturated rings. The fraction of sp³-hybridized carbons (Fsp3) is 0.538. The van der Waals surface area contributed by atoms with Gasteiger partial charge < -0.3 is 15.3 Å². The fourth-order valence-corrected chi connectivity index (χ4v) is 3.87. The Balaban J connectivity index is 1.81. The average Bonchev–Trinajstić information content (AvgIpc) is 2.98. The van der Waals surface area contributed by atoms with E-state index in [1.165, 1.54) is 0 Å². The Morgan fingerprint density at radius 2 is 2.30 bits per heavy atom. The van der Waals surface area contributed by atoms with Gasteiger partial charge in [0.05, 0.1) is 12.5 Å². The van der Waals surface area contributed by atoms with Crippen molar-refractivity contribution < 1.29 is 14.7 Å². The van der Waals surface area contributed by atoms with Crippen LogP contribution < -0.4 is 5.32 Å². The summed E-state index contributed by atoms with van der Waals surface area (Å²) >= 11 is 4.98. The highest BCUT2D eigenvalue weighted by Crippen LogP contribution is 2.26. The van der Waals surface area contributed by atoms with Gasteiger partial charge in [0.1, 0.15) is 0 Å². The predicted molar refractivity (Wildman–Crippen MR) is 80.8 cm³/mol. The van der Waals surface area contributed by atoms with Crippen molar-refractivity contribution in [3.8, 4) is 0 Å². The molecule has 0 bridgehead atoms. The zero-order chi connectivity index (χ0) is 14.7. The van der Waals surface area contributed by atoms with Gasteiger partial charge in [-0.25, -0.2) is 4.79 Å². The number of hydrogen-bond acceptors (Lipinski definition) is 3. The molecule has 2 rings (SSSR count). The molecule has 20 heavy (non-hydrogen) atoms. The number of carboxylic acids is 1. The minimum Gasteiger partial charge on any atom is -0.481 e. The van der Waals surface area contributed by atoms with Crippen LogP contribution in [-0.2, 0) is 11.3 Å². The second-order valence-electron chi connectivity index (χ2n) is 5.08. The SMILES string of the molecule is CN(Cc1cc(Br)cs1)C(=O)N[C@H]1CC[C@@H](C(=O)O)C1. The molecule has 0 saturated heterocycles. The summed E-state index contributed by atoms with van der Waals surface area (Å²) in [5.41, 5.74) is 0. The maximum Gasteiger partial charge on any atom is 0.317 e. The number of halogens is 1. The lowest BCUT2D eigenvalue weighted by Crippen LogP contribution is -2.41. The Hall–Kier alpha value is -1.08. The molecular weight excluding hydrogens is 344 g/mol. The van der Waals surface area contributed by atoms with Gasteiger partial charge in [0.2, 0.25) is 0 Å². The highest BCUT2D eigenvalue weighted by molar-refractivity contribution is 9.10. The Bertz CT molecular complexity index is 506. The number of carbonyl (C=O) groups excluding carboxylic acids is 1. The van der Waals surface area contributed by atoms with Crippen LogP contribution in [0.4, 0.5) is 4.79 Å². The third kappa shape index (κ3) is 3.96. The van der Waals surface area contributed by atoms with Crippen molar-refractivity contribution in [2.45, 2.75) is 31.8 Å². The number of rotatable bonds is 4. The highest BCUT2D eigenvalue weighted by Gasteiger charge is 2.31. The minimum atomic E-state index is -0.765. The largest absolute Gasteiger partial charge is 0.481 e. The molecule has 0 radical (unpaired) electrons. The molecule has 0 spiro atoms. The topological polar surface area (TPSA) is 69.6 Å². The molecule has 1 aliphatic carbocycles. The lowest BCUT2D eigenvalue weighted by Gasteiger charge is -2.20. The van der Waals surface area contributed by atoms with E-state index in [0.717, 1.165) is 15.8 Å². The lowest BCUT2D eigenvalue weighted by atomic mass is 10.1. The smallest absolute Gasteiger partial charge is 0.317 e. The zero-order valence-electron chi connectivity index (χ0n) is 11.1. The molecule has 1 aliphatic rings. The van der Waals surface area contributed by atoms with Gasteiger partial charge in [-0.1, -0.05) is 0 Å². The van der Waals surface area contributed by atoms with E-state index < -0.39 is 5.97 Å². The highest BCUT2D eigenvalue weighted by atomic mass is 79.9. The van der Waals surface area contributed by atoms with E-state index in [-0.39, 0.29) is 18.0 Å². The summed E-state index contributed by atoms with van der Waals surface area (Å²) in [6, 6.07) is 1.82. The lowest BCUT2D eigenvalue weighted by molar-refractivity contribution is -0.141. The van der Waals surface area contributed by atoms with E-state index >= 15 is 0 Å². The number of thiophene rings is 1. The summed E-state index contributed by atoms with van der Waals surface area (Å²) in [7, 11) is 1.74. The van der Waals surface area contributed by atoms with Gasteiger partial charge in [-0.3, -0.25) is 4.79 Å². The van der Waals surface area contributed by atoms with Gasteiger partial charge in [0.15, 0.2) is 0 Å². The number of carbonyl (C=O) groups is 2. The molecule has 1 aromatic heterocycles. The Morgan fingerprint density at radius 1 is 1.55 bits per heavy atom. The molecule has 1 saturated carbocycles. The van der Waals surface area contributed by atoms with Crippen LogP contribution in [0.2, 0.25) is 0 Å². The summed E-state index contributed by atoms with van der Waals surface area (Å²) in [6.07, 6.45) is 1.91. The maximum atomic E-state index is 12.0. The molecule has 0 aliphatic heterocycles. The third-order valence-corrected chi connectivity index (χ3v) is 5.15. The molecule has 2 N–H and O–H groups in total. The molecule has 2 atom stereocenters. The summed E-state index contributed by atoms with van der Waals surface area (Å²) in [4.78, 5) is 25.6. The van der Waals surface area contributed by atoms with E-state index in [2.05, 4.69) is 21.2 Å². The van der Waals surface area contributed by atoms with Crippen molar-refractivity contribution in [3.63, 3.8) is 0 Å². The van der Waals surface area contributed by atoms with Crippen LogP contribution in [0.15, 0.2) is 15.9 Å². The van der Waals surface area contributed by atoms with Crippen molar-refractivity contribution in [2.75, 3.05) is 7.05 Å². The second-order valence-corrected chi connectivity index (χ2v) is 6.99. The quantitative estimate of drug-likeness (QED) is 0.867. The van der Waals surface area contributed by atoms with Crippen molar-refractivity contribution >= 4 is 39.3 Å². The summed E-state index contributed by atoms with van der Waals surface area (Å²) in [5, 5.41) is 13.8. The molecule has 5 nitrogen and oxygen atoms in total. The first-order chi connectivity index (χ1) is 9.45. The first-order valence-corrected chi connectivity index (χ1v) is 8.10. The normalized spacial score (nSPS) is 21.7. The fourth-order valence-electron chi connectivity index (χ4n) is 2.36. The third-order valence-electron chi connectivity index (χ3n) is 3.47. The van der Waals surface area contributed by atoms with Crippen LogP contribution in [0.1, 0.15) is 24.1 Å². The first-order valence-electron chi connectivity index (χ1n) is 6.43. The maximum absolute atomic E-state index is 12.0. The van der Waals surface area contributed by atoms with Crippen molar-refractivity contribution in [2.24, 2.45) is 5.92 Å². The number of urea groups is 1. The van der Waals surface area contributed by atoms with Crippen LogP contribution >= 0.6 is 27.3 Å². The average molecular weight is 361 g/mol. The van der Waals surface area contributed by atoms with Gasteiger partial charge in [0, 0.05) is 27.8 Å². The van der Waals surface area contributed by atoms with Crippen LogP contribution in [-0.4, -0.2) is 35.1 Å². The summed E-state index contributed by atoms with van der Waals surface area (Å²) in [6.45, 7) is 0.553. The van der Waals surface area contributed by atoms with E-state index in [1.54, 1.807) is 23.3 Å². The van der Waals surface area contributed by atoms with Gasteiger partial charge in [-0.2, -0.15) is 0 Å². The van der Waals surface area contributed by atoms with Crippen LogP contribution in [0, 0.1) is 5.92 Å². The molecule has 1 heterocycles. The minimum absolute atomic E-state index is 0.0267. The Labute approximate surface area is 130 Å². The second kappa shape index (κ2) is 6.58. The number of nitrogens with zero attached hydrogens (tertiary/aromatic N) is 1. The molecule has 0 aromatic carbocycles. The van der Waals surface area contributed by atoms with Gasteiger partial charge >= 0.3 is 12.0 Å². The van der Waals surface area contributed by atoms with Gasteiger partial charge in [-0.15, -0.1) is 11.3 Å². The molecule has 110 valence electrons. The Morgan fingerprint density at radius 3 is 2.85 bits per heavy atom. The zero-order valence-corrected chi connectivity index (χ0v) is 13.5. The number of aliphatic carboxylic acids is 1. The van der Waals surface area contributed by atoms with Crippen molar-refractivity contribution in [1.29, 1.82) is 0 Å². The van der Waals surface area contributed by atoms with Crippen molar-refractivity contribution in [1.82, 2.24) is 10.2 Å². The standard InChI is InChI=1S/C13H17BrN2O3S/c1-16(6-11-5-9(14)7-20-11)13(19)15-10-3-2-8(4-10)12(17)18/h5,7-8,10H,2-4,6H2,1H3,(H,15,19)(H,17,18)/t8-,10+/m1/s1. The summed E-state index contributed by atoms with van der Waals surface area (Å²) < 4.78 is 1.02. The number of nitrogens with one attached hydrogen (secondary N) is 1. The van der Waals surface area contributed by atoms with Crippen LogP contribution in [0.5, 0.6) is 0 Å². The Kier molecular flexibility index (Phi) is 5.04. The van der Waals surface area contributed by atoms with Crippen LogP contribution in [0.3, 0.4) is 0 Å². The van der Waals surface area contributed by atoms with Crippen molar-refractivity contribution in [3.05, 3.63) is 20.8 Å². The molecule has 2 amide bonds. The predicted octanol–water partition coefficient (Wildman–Crippen LogP) is 2.91. The number of hydrogen-bond donors (Lipinski definition) is 2. The van der Waals surface area contributed by atoms with Gasteiger partial charge in [0.25, 0.3) is 0 Å². The molecule has 7 heteroatoms. The first kappa shape index (κ1) is 15.3. The number of carboxylic acid groups (broad SMARTS) is 1. The van der Waals surface area contributed by atoms with E-state index in [1.807, 2.05) is 11.4 Å². The molecular formula is C13H17BrN2O3S. The van der Waals surface area contributed by atoms with E-state index in [9.17, 15) is 9.59 Å². The molecule has 1 aromatic rings. The van der Waals surface area contributed by atoms with E-state index in [4.69, 9.17) is 5.11 Å². The molecule has 0 unspecified atom stereocenters. The van der Waals surface area contributed by atoms with Crippen LogP contribution in [0.25, 0.3) is 0 Å².